The van der Waals surface area contributed by atoms with Crippen molar-refractivity contribution < 1.29 is 4.79 Å². The third-order valence-corrected chi connectivity index (χ3v) is 5.15. The number of benzene rings is 1. The van der Waals surface area contributed by atoms with Crippen molar-refractivity contribution in [1.29, 1.82) is 0 Å². The molecular formula is C17H22O. The highest BCUT2D eigenvalue weighted by Gasteiger charge is 2.42. The molecule has 2 fully saturated rings. The van der Waals surface area contributed by atoms with Crippen LogP contribution in [0, 0.1) is 31.6 Å². The first-order valence-electron chi connectivity index (χ1n) is 7.23. The van der Waals surface area contributed by atoms with Gasteiger partial charge in [0.1, 0.15) is 5.78 Å². The Bertz CT molecular complexity index is 454. The fourth-order valence-electron chi connectivity index (χ4n) is 4.07. The largest absolute Gasteiger partial charge is 0.299 e. The highest BCUT2D eigenvalue weighted by molar-refractivity contribution is 5.84. The molecule has 0 spiro atoms. The first-order chi connectivity index (χ1) is 8.65. The molecule has 2 saturated carbocycles. The van der Waals surface area contributed by atoms with Crippen molar-refractivity contribution in [3.8, 4) is 0 Å². The molecule has 2 aliphatic rings. The lowest BCUT2D eigenvalue weighted by Gasteiger charge is -2.21. The summed E-state index contributed by atoms with van der Waals surface area (Å²) < 4.78 is 0. The molecule has 0 aromatic heterocycles. The average Bonchev–Trinajstić information content (AvgIpc) is 2.96. The fraction of sp³-hybridized carbons (Fsp3) is 0.588. The maximum Gasteiger partial charge on any atom is 0.140 e. The minimum absolute atomic E-state index is 0.378. The van der Waals surface area contributed by atoms with Crippen molar-refractivity contribution >= 4 is 5.78 Å². The van der Waals surface area contributed by atoms with Gasteiger partial charge in [0, 0.05) is 12.3 Å². The van der Waals surface area contributed by atoms with Crippen molar-refractivity contribution in [3.63, 3.8) is 0 Å². The Morgan fingerprint density at radius 2 is 1.89 bits per heavy atom. The van der Waals surface area contributed by atoms with Crippen LogP contribution in [-0.2, 0) is 11.2 Å². The van der Waals surface area contributed by atoms with E-state index in [1.807, 2.05) is 0 Å². The molecular weight excluding hydrogens is 220 g/mol. The van der Waals surface area contributed by atoms with Crippen LogP contribution >= 0.6 is 0 Å². The zero-order chi connectivity index (χ0) is 12.7. The summed E-state index contributed by atoms with van der Waals surface area (Å²) in [5.41, 5.74) is 3.81. The van der Waals surface area contributed by atoms with Crippen LogP contribution in [0.15, 0.2) is 18.2 Å². The number of rotatable bonds is 3. The lowest BCUT2D eigenvalue weighted by atomic mass is 9.82. The van der Waals surface area contributed by atoms with Gasteiger partial charge in [0.2, 0.25) is 0 Å². The van der Waals surface area contributed by atoms with Crippen LogP contribution in [0.5, 0.6) is 0 Å². The standard InChI is InChI=1S/C17H22O/c1-11-4-3-5-12(2)15(11)10-17(18)16-9-13-6-7-14(16)8-13/h3-5,13-14,16H,6-10H2,1-2H3. The highest BCUT2D eigenvalue weighted by Crippen LogP contribution is 2.48. The second kappa shape index (κ2) is 4.53. The van der Waals surface area contributed by atoms with E-state index in [0.29, 0.717) is 24.0 Å². The number of hydrogen-bond acceptors (Lipinski definition) is 1. The second-order valence-corrected chi connectivity index (χ2v) is 6.29. The molecule has 2 aliphatic carbocycles. The molecule has 18 heavy (non-hydrogen) atoms. The lowest BCUT2D eigenvalue weighted by Crippen LogP contribution is -2.23. The molecule has 0 radical (unpaired) electrons. The highest BCUT2D eigenvalue weighted by atomic mass is 16.1. The first kappa shape index (κ1) is 12.0. The summed E-state index contributed by atoms with van der Waals surface area (Å²) in [5.74, 6) is 2.45. The zero-order valence-electron chi connectivity index (χ0n) is 11.4. The molecule has 1 aromatic rings. The monoisotopic (exact) mass is 242 g/mol. The summed E-state index contributed by atoms with van der Waals surface area (Å²) in [4.78, 5) is 12.5. The van der Waals surface area contributed by atoms with E-state index < -0.39 is 0 Å². The zero-order valence-corrected chi connectivity index (χ0v) is 11.4. The van der Waals surface area contributed by atoms with Crippen molar-refractivity contribution in [2.45, 2.75) is 46.0 Å². The summed E-state index contributed by atoms with van der Waals surface area (Å²) in [6.45, 7) is 4.24. The third kappa shape index (κ3) is 2.00. The molecule has 3 rings (SSSR count). The second-order valence-electron chi connectivity index (χ2n) is 6.29. The molecule has 96 valence electrons. The normalized spacial score (nSPS) is 29.8. The number of Topliss-reactive ketones (excluding diaryl/α,β-unsaturated/α-hetero) is 1. The van der Waals surface area contributed by atoms with Crippen LogP contribution in [-0.4, -0.2) is 5.78 Å². The van der Waals surface area contributed by atoms with Gasteiger partial charge in [-0.1, -0.05) is 24.6 Å². The topological polar surface area (TPSA) is 17.1 Å². The number of fused-ring (bicyclic) bond motifs is 2. The van der Waals surface area contributed by atoms with E-state index >= 15 is 0 Å². The summed E-state index contributed by atoms with van der Waals surface area (Å²) in [7, 11) is 0. The SMILES string of the molecule is Cc1cccc(C)c1CC(=O)C1CC2CCC1C2. The van der Waals surface area contributed by atoms with Gasteiger partial charge >= 0.3 is 0 Å². The van der Waals surface area contributed by atoms with Crippen molar-refractivity contribution in [2.75, 3.05) is 0 Å². The van der Waals surface area contributed by atoms with Crippen molar-refractivity contribution in [2.24, 2.45) is 17.8 Å². The van der Waals surface area contributed by atoms with Crippen LogP contribution in [0.2, 0.25) is 0 Å². The minimum atomic E-state index is 0.378. The van der Waals surface area contributed by atoms with Gasteiger partial charge in [0.15, 0.2) is 0 Å². The summed E-state index contributed by atoms with van der Waals surface area (Å²) in [5, 5.41) is 0. The Balaban J connectivity index is 1.75. The number of carbonyl (C=O) groups is 1. The Kier molecular flexibility index (Phi) is 3.01. The van der Waals surface area contributed by atoms with E-state index in [4.69, 9.17) is 0 Å². The maximum absolute atomic E-state index is 12.5. The number of ketones is 1. The smallest absolute Gasteiger partial charge is 0.140 e. The Hall–Kier alpha value is -1.11. The molecule has 0 aliphatic heterocycles. The van der Waals surface area contributed by atoms with Gasteiger partial charge < -0.3 is 0 Å². The summed E-state index contributed by atoms with van der Waals surface area (Å²) >= 11 is 0. The van der Waals surface area contributed by atoms with E-state index in [-0.39, 0.29) is 0 Å². The van der Waals surface area contributed by atoms with Crippen LogP contribution < -0.4 is 0 Å². The van der Waals surface area contributed by atoms with Gasteiger partial charge in [0.25, 0.3) is 0 Å². The van der Waals surface area contributed by atoms with E-state index in [2.05, 4.69) is 32.0 Å². The first-order valence-corrected chi connectivity index (χ1v) is 7.23. The molecule has 1 heteroatoms. The van der Waals surface area contributed by atoms with Crippen molar-refractivity contribution in [3.05, 3.63) is 34.9 Å². The summed E-state index contributed by atoms with van der Waals surface area (Å²) in [6.07, 6.45) is 5.83. The molecule has 0 amide bonds. The van der Waals surface area contributed by atoms with Crippen LogP contribution in [0.1, 0.15) is 42.4 Å². The van der Waals surface area contributed by atoms with Crippen molar-refractivity contribution in [1.82, 2.24) is 0 Å². The van der Waals surface area contributed by atoms with Crippen LogP contribution in [0.3, 0.4) is 0 Å². The minimum Gasteiger partial charge on any atom is -0.299 e. The molecule has 1 aromatic carbocycles. The predicted octanol–water partition coefficient (Wildman–Crippen LogP) is 3.85. The van der Waals surface area contributed by atoms with Gasteiger partial charge in [-0.05, 0) is 61.6 Å². The molecule has 2 bridgehead atoms. The number of aryl methyl sites for hydroxylation is 2. The lowest BCUT2D eigenvalue weighted by molar-refractivity contribution is -0.123. The van der Waals surface area contributed by atoms with E-state index in [1.54, 1.807) is 0 Å². The quantitative estimate of drug-likeness (QED) is 0.786. The Morgan fingerprint density at radius 3 is 2.44 bits per heavy atom. The molecule has 0 saturated heterocycles. The van der Waals surface area contributed by atoms with Gasteiger partial charge in [-0.2, -0.15) is 0 Å². The number of hydrogen-bond donors (Lipinski definition) is 0. The average molecular weight is 242 g/mol. The van der Waals surface area contributed by atoms with E-state index in [1.165, 1.54) is 42.4 Å². The molecule has 3 atom stereocenters. The number of carbonyl (C=O) groups excluding carboxylic acids is 1. The van der Waals surface area contributed by atoms with Gasteiger partial charge in [-0.25, -0.2) is 0 Å². The third-order valence-electron chi connectivity index (χ3n) is 5.15. The Labute approximate surface area is 110 Å². The van der Waals surface area contributed by atoms with Gasteiger partial charge in [0.05, 0.1) is 0 Å². The summed E-state index contributed by atoms with van der Waals surface area (Å²) in [6, 6.07) is 6.32. The van der Waals surface area contributed by atoms with Crippen LogP contribution in [0.25, 0.3) is 0 Å². The molecule has 3 unspecified atom stereocenters. The van der Waals surface area contributed by atoms with E-state index in [0.717, 1.165) is 5.92 Å². The molecule has 0 N–H and O–H groups in total. The maximum atomic E-state index is 12.5. The fourth-order valence-corrected chi connectivity index (χ4v) is 4.07. The molecule has 1 nitrogen and oxygen atoms in total. The predicted molar refractivity (Wildman–Crippen MR) is 73.6 cm³/mol. The van der Waals surface area contributed by atoms with Crippen LogP contribution in [0.4, 0.5) is 0 Å². The van der Waals surface area contributed by atoms with E-state index in [9.17, 15) is 4.79 Å². The van der Waals surface area contributed by atoms with Gasteiger partial charge in [-0.15, -0.1) is 0 Å². The van der Waals surface area contributed by atoms with Gasteiger partial charge in [-0.3, -0.25) is 4.79 Å². The Morgan fingerprint density at radius 1 is 1.17 bits per heavy atom. The molecule has 0 heterocycles.